The summed E-state index contributed by atoms with van der Waals surface area (Å²) in [4.78, 5) is 12.3. The summed E-state index contributed by atoms with van der Waals surface area (Å²) in [5.41, 5.74) is 5.03. The molecule has 0 unspecified atom stereocenters. The van der Waals surface area contributed by atoms with E-state index in [-0.39, 0.29) is 0 Å². The van der Waals surface area contributed by atoms with E-state index in [1.165, 1.54) is 0 Å². The predicted molar refractivity (Wildman–Crippen MR) is 126 cm³/mol. The normalized spacial score (nSPS) is 11.1. The maximum Gasteiger partial charge on any atom is 0.229 e. The molecule has 4 rings (SSSR count). The highest BCUT2D eigenvalue weighted by Gasteiger charge is 2.12. The van der Waals surface area contributed by atoms with Crippen LogP contribution in [-0.4, -0.2) is 36.2 Å². The van der Waals surface area contributed by atoms with Crippen molar-refractivity contribution in [1.82, 2.24) is 15.0 Å². The quantitative estimate of drug-likeness (QED) is 0.299. The molecule has 0 amide bonds. The summed E-state index contributed by atoms with van der Waals surface area (Å²) < 4.78 is 25.8. The zero-order valence-electron chi connectivity index (χ0n) is 17.3. The lowest BCUT2D eigenvalue weighted by Gasteiger charge is -2.12. The minimum Gasteiger partial charge on any atom is -0.384 e. The average molecular weight is 448 g/mol. The van der Waals surface area contributed by atoms with Gasteiger partial charge in [-0.2, -0.15) is 5.26 Å². The first-order valence-corrected chi connectivity index (χ1v) is 11.7. The van der Waals surface area contributed by atoms with Gasteiger partial charge in [0.05, 0.1) is 36.3 Å². The molecule has 2 heterocycles. The molecule has 0 saturated carbocycles. The van der Waals surface area contributed by atoms with Gasteiger partial charge in [-0.25, -0.2) is 18.4 Å². The number of para-hydroxylation sites is 2. The van der Waals surface area contributed by atoms with Crippen LogP contribution >= 0.6 is 0 Å². The number of anilines is 4. The van der Waals surface area contributed by atoms with Crippen molar-refractivity contribution < 1.29 is 8.42 Å². The maximum absolute atomic E-state index is 11.7. The van der Waals surface area contributed by atoms with Crippen LogP contribution in [0.5, 0.6) is 0 Å². The van der Waals surface area contributed by atoms with Gasteiger partial charge < -0.3 is 15.6 Å². The van der Waals surface area contributed by atoms with Crippen LogP contribution in [-0.2, 0) is 10.0 Å². The fourth-order valence-corrected chi connectivity index (χ4v) is 3.83. The highest BCUT2D eigenvalue weighted by Crippen LogP contribution is 2.30. The smallest absolute Gasteiger partial charge is 0.229 e. The van der Waals surface area contributed by atoms with Crippen molar-refractivity contribution in [3.8, 4) is 17.2 Å². The summed E-state index contributed by atoms with van der Waals surface area (Å²) in [6.07, 6.45) is 4.96. The standard InChI is InChI=1S/C22H21N7O2S/c1-32(30,31)29-19-9-3-2-8-18(19)27-20-14-26-22-21(28-20)17(13-25-22)15-6-4-7-16(12-15)24-11-5-10-23/h2-4,6-9,12-14,24,29H,5,11H2,1H3,(H,25,26)(H,27,28). The second-order valence-corrected chi connectivity index (χ2v) is 8.86. The number of benzene rings is 2. The van der Waals surface area contributed by atoms with Gasteiger partial charge >= 0.3 is 0 Å². The van der Waals surface area contributed by atoms with Gasteiger partial charge in [-0.1, -0.05) is 24.3 Å². The van der Waals surface area contributed by atoms with Crippen molar-refractivity contribution in [2.75, 3.05) is 28.2 Å². The van der Waals surface area contributed by atoms with Crippen LogP contribution < -0.4 is 15.4 Å². The van der Waals surface area contributed by atoms with Crippen molar-refractivity contribution in [2.24, 2.45) is 0 Å². The van der Waals surface area contributed by atoms with Crippen LogP contribution in [0, 0.1) is 11.3 Å². The van der Waals surface area contributed by atoms with Crippen LogP contribution in [0.15, 0.2) is 60.9 Å². The number of nitrogens with one attached hydrogen (secondary N) is 4. The molecule has 9 nitrogen and oxygen atoms in total. The first-order valence-electron chi connectivity index (χ1n) is 9.82. The largest absolute Gasteiger partial charge is 0.384 e. The molecule has 32 heavy (non-hydrogen) atoms. The van der Waals surface area contributed by atoms with Crippen LogP contribution in [0.3, 0.4) is 0 Å². The molecular weight excluding hydrogens is 426 g/mol. The van der Waals surface area contributed by atoms with Gasteiger partial charge in [-0.15, -0.1) is 0 Å². The molecule has 0 fully saturated rings. The molecular formula is C22H21N7O2S. The summed E-state index contributed by atoms with van der Waals surface area (Å²) in [5.74, 6) is 0.476. The van der Waals surface area contributed by atoms with Crippen molar-refractivity contribution in [2.45, 2.75) is 6.42 Å². The van der Waals surface area contributed by atoms with Crippen LogP contribution in [0.2, 0.25) is 0 Å². The van der Waals surface area contributed by atoms with E-state index in [0.29, 0.717) is 41.3 Å². The van der Waals surface area contributed by atoms with E-state index in [2.05, 4.69) is 31.4 Å². The molecule has 0 radical (unpaired) electrons. The first-order chi connectivity index (χ1) is 15.4. The summed E-state index contributed by atoms with van der Waals surface area (Å²) in [6, 6.07) is 16.9. The van der Waals surface area contributed by atoms with E-state index in [0.717, 1.165) is 23.1 Å². The third-order valence-corrected chi connectivity index (χ3v) is 5.20. The third-order valence-electron chi connectivity index (χ3n) is 4.61. The van der Waals surface area contributed by atoms with E-state index in [4.69, 9.17) is 10.2 Å². The average Bonchev–Trinajstić information content (AvgIpc) is 3.18. The number of hydrogen-bond acceptors (Lipinski definition) is 7. The fraction of sp³-hybridized carbons (Fsp3) is 0.136. The van der Waals surface area contributed by atoms with Crippen molar-refractivity contribution in [1.29, 1.82) is 5.26 Å². The molecule has 162 valence electrons. The molecule has 0 aliphatic heterocycles. The highest BCUT2D eigenvalue weighted by atomic mass is 32.2. The Labute approximate surface area is 185 Å². The summed E-state index contributed by atoms with van der Waals surface area (Å²) in [5, 5.41) is 15.1. The Kier molecular flexibility index (Phi) is 5.91. The first kappa shape index (κ1) is 21.1. The minimum absolute atomic E-state index is 0.419. The second-order valence-electron chi connectivity index (χ2n) is 7.12. The molecule has 0 spiro atoms. The SMILES string of the molecule is CS(=O)(=O)Nc1ccccc1Nc1cnc2[nH]cc(-c3cccc(NCCC#N)c3)c2n1. The number of rotatable bonds is 8. The van der Waals surface area contributed by atoms with Gasteiger partial charge in [-0.05, 0) is 29.8 Å². The summed E-state index contributed by atoms with van der Waals surface area (Å²) >= 11 is 0. The monoisotopic (exact) mass is 447 g/mol. The van der Waals surface area contributed by atoms with Gasteiger partial charge in [0.1, 0.15) is 11.3 Å². The Morgan fingerprint density at radius 1 is 1.12 bits per heavy atom. The van der Waals surface area contributed by atoms with Crippen molar-refractivity contribution in [3.05, 3.63) is 60.9 Å². The number of aromatic amines is 1. The van der Waals surface area contributed by atoms with Gasteiger partial charge in [-0.3, -0.25) is 4.72 Å². The van der Waals surface area contributed by atoms with E-state index >= 15 is 0 Å². The molecule has 10 heteroatoms. The molecule has 0 aliphatic carbocycles. The molecule has 2 aromatic heterocycles. The predicted octanol–water partition coefficient (Wildman–Crippen LogP) is 4.07. The van der Waals surface area contributed by atoms with Crippen LogP contribution in [0.25, 0.3) is 22.3 Å². The summed E-state index contributed by atoms with van der Waals surface area (Å²) in [6.45, 7) is 0.572. The number of nitrogens with zero attached hydrogens (tertiary/aromatic N) is 3. The lowest BCUT2D eigenvalue weighted by molar-refractivity contribution is 0.607. The highest BCUT2D eigenvalue weighted by molar-refractivity contribution is 7.92. The second kappa shape index (κ2) is 8.95. The molecule has 4 aromatic rings. The Hall–Kier alpha value is -4.10. The molecule has 4 N–H and O–H groups in total. The minimum atomic E-state index is -3.43. The Balaban J connectivity index is 1.65. The van der Waals surface area contributed by atoms with E-state index in [1.54, 1.807) is 30.5 Å². The fourth-order valence-electron chi connectivity index (χ4n) is 3.25. The summed E-state index contributed by atoms with van der Waals surface area (Å²) in [7, 11) is -3.43. The van der Waals surface area contributed by atoms with E-state index < -0.39 is 10.0 Å². The number of sulfonamides is 1. The maximum atomic E-state index is 11.7. The molecule has 0 aliphatic rings. The van der Waals surface area contributed by atoms with Gasteiger partial charge in [0.15, 0.2) is 5.65 Å². The lowest BCUT2D eigenvalue weighted by Crippen LogP contribution is -2.11. The third kappa shape index (κ3) is 4.96. The number of H-pyrrole nitrogens is 1. The number of fused-ring (bicyclic) bond motifs is 1. The van der Waals surface area contributed by atoms with Crippen LogP contribution in [0.1, 0.15) is 6.42 Å². The lowest BCUT2D eigenvalue weighted by atomic mass is 10.1. The zero-order chi connectivity index (χ0) is 22.6. The Bertz CT molecular complexity index is 1410. The van der Waals surface area contributed by atoms with Gasteiger partial charge in [0.25, 0.3) is 0 Å². The number of nitriles is 1. The van der Waals surface area contributed by atoms with Crippen molar-refractivity contribution in [3.63, 3.8) is 0 Å². The Morgan fingerprint density at radius 2 is 1.94 bits per heavy atom. The van der Waals surface area contributed by atoms with E-state index in [9.17, 15) is 8.42 Å². The molecule has 0 bridgehead atoms. The van der Waals surface area contributed by atoms with Gasteiger partial charge in [0, 0.05) is 24.0 Å². The van der Waals surface area contributed by atoms with Gasteiger partial charge in [0.2, 0.25) is 10.0 Å². The number of hydrogen-bond donors (Lipinski definition) is 4. The molecule has 0 saturated heterocycles. The molecule has 0 atom stereocenters. The zero-order valence-corrected chi connectivity index (χ0v) is 18.1. The van der Waals surface area contributed by atoms with E-state index in [1.807, 2.05) is 30.5 Å². The van der Waals surface area contributed by atoms with Crippen LogP contribution in [0.4, 0.5) is 22.9 Å². The number of aromatic nitrogens is 3. The Morgan fingerprint density at radius 3 is 2.72 bits per heavy atom. The molecule has 2 aromatic carbocycles. The topological polar surface area (TPSA) is 136 Å². The van der Waals surface area contributed by atoms with Crippen molar-refractivity contribution >= 4 is 44.1 Å².